The molecule has 0 rings (SSSR count). The molecule has 0 amide bonds. The summed E-state index contributed by atoms with van der Waals surface area (Å²) >= 11 is 0. The van der Waals surface area contributed by atoms with Crippen LogP contribution in [0.1, 0.15) is 0 Å². The van der Waals surface area contributed by atoms with Crippen molar-refractivity contribution in [2.45, 2.75) is 12.3 Å². The van der Waals surface area contributed by atoms with Crippen LogP contribution in [0.15, 0.2) is 12.7 Å². The highest BCUT2D eigenvalue weighted by molar-refractivity contribution is 4.86. The molecule has 3 nitrogen and oxygen atoms in total. The Bertz CT molecular complexity index is 91.6. The van der Waals surface area contributed by atoms with Crippen LogP contribution in [0, 0.1) is 0 Å². The van der Waals surface area contributed by atoms with E-state index in [9.17, 15) is 0 Å². The zero-order chi connectivity index (χ0) is 7.98. The number of hydrogen-bond donors (Lipinski definition) is 1. The molecule has 0 aromatic heterocycles. The molecule has 3 heteroatoms. The second kappa shape index (κ2) is 5.41. The number of ether oxygens (including phenoxy) is 2. The maximum absolute atomic E-state index is 4.99. The molecule has 0 saturated carbocycles. The molecule has 1 atom stereocenters. The van der Waals surface area contributed by atoms with Crippen LogP contribution < -0.4 is 5.32 Å². The maximum Gasteiger partial charge on any atom is 0.175 e. The van der Waals surface area contributed by atoms with Crippen LogP contribution in [0.5, 0.6) is 0 Å². The SMILES string of the molecule is C=CC(NC)C(OC)OC. The minimum atomic E-state index is -0.248. The Balaban J connectivity index is 3.81. The first-order valence-electron chi connectivity index (χ1n) is 3.15. The van der Waals surface area contributed by atoms with Crippen molar-refractivity contribution in [2.24, 2.45) is 0 Å². The zero-order valence-electron chi connectivity index (χ0n) is 6.76. The normalized spacial score (nSPS) is 13.6. The van der Waals surface area contributed by atoms with Gasteiger partial charge < -0.3 is 14.8 Å². The first-order chi connectivity index (χ1) is 4.79. The molecular weight excluding hydrogens is 130 g/mol. The van der Waals surface area contributed by atoms with Gasteiger partial charge in [0.1, 0.15) is 0 Å². The third-order valence-corrected chi connectivity index (χ3v) is 1.35. The van der Waals surface area contributed by atoms with Gasteiger partial charge in [-0.1, -0.05) is 6.08 Å². The summed E-state index contributed by atoms with van der Waals surface area (Å²) < 4.78 is 9.97. The number of nitrogens with one attached hydrogen (secondary N) is 1. The molecule has 1 unspecified atom stereocenters. The van der Waals surface area contributed by atoms with Crippen molar-refractivity contribution in [2.75, 3.05) is 21.3 Å². The third-order valence-electron chi connectivity index (χ3n) is 1.35. The van der Waals surface area contributed by atoms with Gasteiger partial charge in [-0.2, -0.15) is 0 Å². The fourth-order valence-electron chi connectivity index (χ4n) is 0.754. The molecule has 0 saturated heterocycles. The molecule has 0 aliphatic heterocycles. The van der Waals surface area contributed by atoms with E-state index in [0.29, 0.717) is 0 Å². The summed E-state index contributed by atoms with van der Waals surface area (Å²) in [5, 5.41) is 2.99. The molecule has 0 aromatic carbocycles. The highest BCUT2D eigenvalue weighted by Gasteiger charge is 2.14. The van der Waals surface area contributed by atoms with E-state index in [-0.39, 0.29) is 12.3 Å². The maximum atomic E-state index is 4.99. The monoisotopic (exact) mass is 145 g/mol. The van der Waals surface area contributed by atoms with E-state index < -0.39 is 0 Å². The van der Waals surface area contributed by atoms with Crippen LogP contribution in [-0.2, 0) is 9.47 Å². The van der Waals surface area contributed by atoms with Crippen LogP contribution in [-0.4, -0.2) is 33.6 Å². The average Bonchev–Trinajstić information content (AvgIpc) is 2.00. The average molecular weight is 145 g/mol. The predicted molar refractivity (Wildman–Crippen MR) is 40.9 cm³/mol. The van der Waals surface area contributed by atoms with Crippen molar-refractivity contribution in [3.8, 4) is 0 Å². The van der Waals surface area contributed by atoms with E-state index >= 15 is 0 Å². The van der Waals surface area contributed by atoms with Crippen LogP contribution >= 0.6 is 0 Å². The largest absolute Gasteiger partial charge is 0.354 e. The summed E-state index contributed by atoms with van der Waals surface area (Å²) in [6, 6.07) is 0.0509. The Morgan fingerprint density at radius 1 is 1.40 bits per heavy atom. The molecule has 0 aliphatic carbocycles. The van der Waals surface area contributed by atoms with Crippen LogP contribution in [0.2, 0.25) is 0 Å². The highest BCUT2D eigenvalue weighted by Crippen LogP contribution is 1.98. The van der Waals surface area contributed by atoms with Crippen molar-refractivity contribution < 1.29 is 9.47 Å². The van der Waals surface area contributed by atoms with E-state index in [4.69, 9.17) is 9.47 Å². The Kier molecular flexibility index (Phi) is 5.20. The first kappa shape index (κ1) is 9.62. The predicted octanol–water partition coefficient (Wildman–Crippen LogP) is 0.379. The molecule has 0 fully saturated rings. The van der Waals surface area contributed by atoms with Gasteiger partial charge in [0.05, 0.1) is 6.04 Å². The summed E-state index contributed by atoms with van der Waals surface area (Å²) in [5.74, 6) is 0. The second-order valence-electron chi connectivity index (χ2n) is 1.89. The lowest BCUT2D eigenvalue weighted by Crippen LogP contribution is -2.38. The molecule has 10 heavy (non-hydrogen) atoms. The van der Waals surface area contributed by atoms with Gasteiger partial charge in [-0.15, -0.1) is 6.58 Å². The molecule has 0 spiro atoms. The van der Waals surface area contributed by atoms with Crippen LogP contribution in [0.4, 0.5) is 0 Å². The van der Waals surface area contributed by atoms with Crippen LogP contribution in [0.3, 0.4) is 0 Å². The van der Waals surface area contributed by atoms with Gasteiger partial charge in [-0.25, -0.2) is 0 Å². The Labute approximate surface area is 62.0 Å². The van der Waals surface area contributed by atoms with Gasteiger partial charge in [-0.05, 0) is 7.05 Å². The minimum Gasteiger partial charge on any atom is -0.354 e. The summed E-state index contributed by atoms with van der Waals surface area (Å²) in [4.78, 5) is 0. The standard InChI is InChI=1S/C7H15NO2/c1-5-6(8-2)7(9-3)10-4/h5-8H,1H2,2-4H3. The Morgan fingerprint density at radius 2 is 1.90 bits per heavy atom. The van der Waals surface area contributed by atoms with E-state index in [1.165, 1.54) is 0 Å². The molecule has 1 N–H and O–H groups in total. The van der Waals surface area contributed by atoms with E-state index in [0.717, 1.165) is 0 Å². The lowest BCUT2D eigenvalue weighted by Gasteiger charge is -2.20. The third kappa shape index (κ3) is 2.47. The summed E-state index contributed by atoms with van der Waals surface area (Å²) in [6.07, 6.45) is 1.50. The Morgan fingerprint density at radius 3 is 2.00 bits per heavy atom. The van der Waals surface area contributed by atoms with Crippen molar-refractivity contribution in [3.05, 3.63) is 12.7 Å². The molecule has 60 valence electrons. The molecular formula is C7H15NO2. The number of hydrogen-bond acceptors (Lipinski definition) is 3. The molecule has 0 heterocycles. The van der Waals surface area contributed by atoms with Crippen molar-refractivity contribution >= 4 is 0 Å². The van der Waals surface area contributed by atoms with Gasteiger partial charge in [-0.3, -0.25) is 0 Å². The van der Waals surface area contributed by atoms with E-state index in [1.807, 2.05) is 7.05 Å². The smallest absolute Gasteiger partial charge is 0.175 e. The minimum absolute atomic E-state index is 0.0509. The quantitative estimate of drug-likeness (QED) is 0.448. The van der Waals surface area contributed by atoms with Gasteiger partial charge in [0.2, 0.25) is 0 Å². The molecule has 0 aliphatic rings. The zero-order valence-corrected chi connectivity index (χ0v) is 6.76. The Hall–Kier alpha value is -0.380. The fourth-order valence-corrected chi connectivity index (χ4v) is 0.754. The second-order valence-corrected chi connectivity index (χ2v) is 1.89. The van der Waals surface area contributed by atoms with Crippen molar-refractivity contribution in [1.82, 2.24) is 5.32 Å². The van der Waals surface area contributed by atoms with Crippen LogP contribution in [0.25, 0.3) is 0 Å². The summed E-state index contributed by atoms with van der Waals surface area (Å²) in [6.45, 7) is 3.63. The molecule has 0 bridgehead atoms. The van der Waals surface area contributed by atoms with Gasteiger partial charge in [0.15, 0.2) is 6.29 Å². The van der Waals surface area contributed by atoms with Gasteiger partial charge in [0, 0.05) is 14.2 Å². The molecule has 0 aromatic rings. The number of likely N-dealkylation sites (N-methyl/N-ethyl adjacent to an activating group) is 1. The highest BCUT2D eigenvalue weighted by atomic mass is 16.7. The lowest BCUT2D eigenvalue weighted by molar-refractivity contribution is -0.112. The number of rotatable bonds is 5. The van der Waals surface area contributed by atoms with E-state index in [2.05, 4.69) is 11.9 Å². The van der Waals surface area contributed by atoms with Gasteiger partial charge >= 0.3 is 0 Å². The van der Waals surface area contributed by atoms with E-state index in [1.54, 1.807) is 20.3 Å². The fraction of sp³-hybridized carbons (Fsp3) is 0.714. The lowest BCUT2D eigenvalue weighted by atomic mass is 10.3. The molecule has 0 radical (unpaired) electrons. The topological polar surface area (TPSA) is 30.5 Å². The van der Waals surface area contributed by atoms with Crippen molar-refractivity contribution in [3.63, 3.8) is 0 Å². The summed E-state index contributed by atoms with van der Waals surface area (Å²) in [5.41, 5.74) is 0. The van der Waals surface area contributed by atoms with Crippen molar-refractivity contribution in [1.29, 1.82) is 0 Å². The number of methoxy groups -OCH3 is 2. The van der Waals surface area contributed by atoms with Gasteiger partial charge in [0.25, 0.3) is 0 Å². The first-order valence-corrected chi connectivity index (χ1v) is 3.15. The summed E-state index contributed by atoms with van der Waals surface area (Å²) in [7, 11) is 5.03.